The molecule has 5 heteroatoms. The number of rotatable bonds is 6. The van der Waals surface area contributed by atoms with Crippen LogP contribution in [0.4, 0.5) is 0 Å². The van der Waals surface area contributed by atoms with Crippen molar-refractivity contribution >= 4 is 5.91 Å². The van der Waals surface area contributed by atoms with Crippen molar-refractivity contribution in [2.24, 2.45) is 5.92 Å². The lowest BCUT2D eigenvalue weighted by molar-refractivity contribution is 0.0703. The second-order valence-electron chi connectivity index (χ2n) is 7.76. The van der Waals surface area contributed by atoms with Gasteiger partial charge >= 0.3 is 0 Å². The summed E-state index contributed by atoms with van der Waals surface area (Å²) < 4.78 is 7.09. The fourth-order valence-electron chi connectivity index (χ4n) is 3.78. The second-order valence-corrected chi connectivity index (χ2v) is 7.76. The van der Waals surface area contributed by atoms with E-state index in [-0.39, 0.29) is 23.1 Å². The first-order valence-corrected chi connectivity index (χ1v) is 9.75. The van der Waals surface area contributed by atoms with Crippen LogP contribution in [0.15, 0.2) is 47.4 Å². The quantitative estimate of drug-likeness (QED) is 0.790. The van der Waals surface area contributed by atoms with Gasteiger partial charge in [0.25, 0.3) is 11.5 Å². The molecule has 0 radical (unpaired) electrons. The van der Waals surface area contributed by atoms with Gasteiger partial charge in [-0.05, 0) is 43.9 Å². The van der Waals surface area contributed by atoms with E-state index in [4.69, 9.17) is 4.74 Å². The van der Waals surface area contributed by atoms with Gasteiger partial charge in [-0.1, -0.05) is 29.8 Å². The molecule has 0 spiro atoms. The van der Waals surface area contributed by atoms with E-state index >= 15 is 0 Å². The van der Waals surface area contributed by atoms with Crippen molar-refractivity contribution < 1.29 is 9.53 Å². The van der Waals surface area contributed by atoms with Crippen LogP contribution in [0.2, 0.25) is 0 Å². The molecule has 5 nitrogen and oxygen atoms in total. The van der Waals surface area contributed by atoms with E-state index in [9.17, 15) is 9.59 Å². The molecule has 2 heterocycles. The summed E-state index contributed by atoms with van der Waals surface area (Å²) in [5, 5.41) is 0. The molecule has 1 aliphatic heterocycles. The third-order valence-electron chi connectivity index (χ3n) is 5.41. The summed E-state index contributed by atoms with van der Waals surface area (Å²) in [6.45, 7) is 4.68. The Kier molecular flexibility index (Phi) is 5.12. The molecule has 27 heavy (non-hydrogen) atoms. The maximum atomic E-state index is 13.2. The zero-order valence-corrected chi connectivity index (χ0v) is 15.8. The molecule has 142 valence electrons. The zero-order valence-electron chi connectivity index (χ0n) is 15.8. The van der Waals surface area contributed by atoms with Gasteiger partial charge in [0.1, 0.15) is 5.56 Å². The molecule has 1 amide bonds. The number of pyridine rings is 1. The van der Waals surface area contributed by atoms with Gasteiger partial charge in [-0.25, -0.2) is 0 Å². The Bertz CT molecular complexity index is 879. The van der Waals surface area contributed by atoms with Crippen molar-refractivity contribution in [3.8, 4) is 0 Å². The molecular weight excluding hydrogens is 340 g/mol. The Morgan fingerprint density at radius 1 is 1.22 bits per heavy atom. The largest absolute Gasteiger partial charge is 0.381 e. The van der Waals surface area contributed by atoms with Crippen LogP contribution in [0.5, 0.6) is 0 Å². The Hall–Kier alpha value is -2.40. The summed E-state index contributed by atoms with van der Waals surface area (Å²) in [6, 6.07) is 11.8. The number of aryl methyl sites for hydroxylation is 1. The number of amides is 1. The summed E-state index contributed by atoms with van der Waals surface area (Å²) in [5.41, 5.74) is 2.28. The van der Waals surface area contributed by atoms with E-state index in [1.54, 1.807) is 22.9 Å². The van der Waals surface area contributed by atoms with Gasteiger partial charge in [-0.15, -0.1) is 0 Å². The molecule has 0 bridgehead atoms. The van der Waals surface area contributed by atoms with Crippen LogP contribution in [0.3, 0.4) is 0 Å². The lowest BCUT2D eigenvalue weighted by Gasteiger charge is -2.25. The average molecular weight is 366 g/mol. The fourth-order valence-corrected chi connectivity index (χ4v) is 3.78. The molecule has 1 aromatic carbocycles. The first-order chi connectivity index (χ1) is 13.1. The zero-order chi connectivity index (χ0) is 18.8. The second kappa shape index (κ2) is 7.69. The van der Waals surface area contributed by atoms with Gasteiger partial charge in [0.2, 0.25) is 0 Å². The monoisotopic (exact) mass is 366 g/mol. The topological polar surface area (TPSA) is 51.5 Å². The Balaban J connectivity index is 1.57. The van der Waals surface area contributed by atoms with E-state index in [1.165, 1.54) is 0 Å². The minimum Gasteiger partial charge on any atom is -0.381 e. The van der Waals surface area contributed by atoms with Crippen molar-refractivity contribution in [2.45, 2.75) is 38.8 Å². The normalized spacial score (nSPS) is 19.2. The number of carbonyl (C=O) groups is 1. The maximum Gasteiger partial charge on any atom is 0.263 e. The van der Waals surface area contributed by atoms with Crippen LogP contribution in [0.1, 0.15) is 40.7 Å². The van der Waals surface area contributed by atoms with Crippen LogP contribution in [-0.2, 0) is 11.3 Å². The first kappa shape index (κ1) is 18.0. The molecule has 1 saturated heterocycles. The lowest BCUT2D eigenvalue weighted by atomic mass is 10.1. The molecule has 0 N–H and O–H groups in total. The number of nitrogens with zero attached hydrogens (tertiary/aromatic N) is 2. The Labute approximate surface area is 159 Å². The van der Waals surface area contributed by atoms with Crippen LogP contribution < -0.4 is 5.56 Å². The standard InChI is InChI=1S/C22H26N2O3/c1-16-4-2-5-17(12-16)13-23-10-3-6-20(21(23)25)22(26)24(19-7-8-19)14-18-9-11-27-15-18/h2-6,10,12,18-19H,7-9,11,13-15H2,1H3. The number of ether oxygens (including phenoxy) is 1. The molecule has 1 unspecified atom stereocenters. The third-order valence-corrected chi connectivity index (χ3v) is 5.41. The van der Waals surface area contributed by atoms with Crippen molar-refractivity contribution in [2.75, 3.05) is 19.8 Å². The molecule has 1 atom stereocenters. The molecule has 2 aliphatic rings. The van der Waals surface area contributed by atoms with Gasteiger partial charge in [0, 0.05) is 31.3 Å². The number of hydrogen-bond donors (Lipinski definition) is 0. The van der Waals surface area contributed by atoms with Crippen LogP contribution in [-0.4, -0.2) is 41.2 Å². The Morgan fingerprint density at radius 2 is 2.07 bits per heavy atom. The molecule has 1 saturated carbocycles. The summed E-state index contributed by atoms with van der Waals surface area (Å²) in [6.07, 6.45) is 4.81. The molecule has 1 aliphatic carbocycles. The average Bonchev–Trinajstić information content (AvgIpc) is 3.37. The highest BCUT2D eigenvalue weighted by molar-refractivity contribution is 5.94. The summed E-state index contributed by atoms with van der Waals surface area (Å²) in [5.74, 6) is 0.251. The van der Waals surface area contributed by atoms with Crippen LogP contribution in [0, 0.1) is 12.8 Å². The predicted molar refractivity (Wildman–Crippen MR) is 104 cm³/mol. The minimum absolute atomic E-state index is 0.131. The number of hydrogen-bond acceptors (Lipinski definition) is 3. The van der Waals surface area contributed by atoms with Crippen molar-refractivity contribution in [1.29, 1.82) is 0 Å². The van der Waals surface area contributed by atoms with Crippen LogP contribution >= 0.6 is 0 Å². The SMILES string of the molecule is Cc1cccc(Cn2cccc(C(=O)N(CC3CCOC3)C3CC3)c2=O)c1. The van der Waals surface area contributed by atoms with Gasteiger partial charge in [-0.2, -0.15) is 0 Å². The fraction of sp³-hybridized carbons (Fsp3) is 0.455. The predicted octanol–water partition coefficient (Wildman–Crippen LogP) is 2.85. The molecular formula is C22H26N2O3. The molecule has 4 rings (SSSR count). The Morgan fingerprint density at radius 3 is 2.78 bits per heavy atom. The summed E-state index contributed by atoms with van der Waals surface area (Å²) in [7, 11) is 0. The highest BCUT2D eigenvalue weighted by Gasteiger charge is 2.36. The van der Waals surface area contributed by atoms with Gasteiger partial charge in [-0.3, -0.25) is 9.59 Å². The van der Waals surface area contributed by atoms with Gasteiger partial charge < -0.3 is 14.2 Å². The van der Waals surface area contributed by atoms with Crippen LogP contribution in [0.25, 0.3) is 0 Å². The van der Waals surface area contributed by atoms with E-state index in [0.717, 1.165) is 37.0 Å². The molecule has 1 aromatic heterocycles. The number of aromatic nitrogens is 1. The van der Waals surface area contributed by atoms with E-state index in [0.29, 0.717) is 25.6 Å². The van der Waals surface area contributed by atoms with Crippen molar-refractivity contribution in [1.82, 2.24) is 9.47 Å². The molecule has 2 aromatic rings. The van der Waals surface area contributed by atoms with E-state index in [1.807, 2.05) is 30.0 Å². The van der Waals surface area contributed by atoms with Gasteiger partial charge in [0.05, 0.1) is 13.2 Å². The summed E-state index contributed by atoms with van der Waals surface area (Å²) >= 11 is 0. The smallest absolute Gasteiger partial charge is 0.263 e. The number of carbonyl (C=O) groups excluding carboxylic acids is 1. The van der Waals surface area contributed by atoms with E-state index in [2.05, 4.69) is 6.07 Å². The lowest BCUT2D eigenvalue weighted by Crippen LogP contribution is -2.41. The third kappa shape index (κ3) is 4.14. The maximum absolute atomic E-state index is 13.2. The van der Waals surface area contributed by atoms with E-state index < -0.39 is 0 Å². The van der Waals surface area contributed by atoms with Gasteiger partial charge in [0.15, 0.2) is 0 Å². The minimum atomic E-state index is -0.211. The first-order valence-electron chi connectivity index (χ1n) is 9.75. The highest BCUT2D eigenvalue weighted by Crippen LogP contribution is 2.30. The molecule has 2 fully saturated rings. The summed E-state index contributed by atoms with van der Waals surface area (Å²) in [4.78, 5) is 28.1. The number of benzene rings is 1. The van der Waals surface area contributed by atoms with Crippen molar-refractivity contribution in [3.05, 3.63) is 69.6 Å². The van der Waals surface area contributed by atoms with Crippen molar-refractivity contribution in [3.63, 3.8) is 0 Å². The highest BCUT2D eigenvalue weighted by atomic mass is 16.5.